The number of hydrogen-bond acceptors (Lipinski definition) is 8. The number of aliphatic hydroxyl groups excluding tert-OH is 1. The third kappa shape index (κ3) is 5.83. The Morgan fingerprint density at radius 2 is 1.34 bits per heavy atom. The Morgan fingerprint density at radius 1 is 0.773 bits per heavy atom. The molecule has 1 aliphatic heterocycles. The molecule has 44 heavy (non-hydrogen) atoms. The number of nitrogens with one attached hydrogen (secondary N) is 1. The van der Waals surface area contributed by atoms with Crippen LogP contribution in [0.5, 0.6) is 0 Å². The molecule has 0 fully saturated rings. The zero-order valence-corrected chi connectivity index (χ0v) is 25.1. The Balaban J connectivity index is 1.17. The van der Waals surface area contributed by atoms with Crippen LogP contribution in [-0.4, -0.2) is 32.9 Å². The highest BCUT2D eigenvalue weighted by Crippen LogP contribution is 2.36. The molecule has 2 unspecified atom stereocenters. The standard InChI is InChI=1S/C32H26Cl2N8O2/c1-19-29(31(43)41(39-19)23-9-5-3-6-10-23)37-35-27-15-13-21(17-25(27)33)22-14-16-28(26(34)18-22)36-38-30-20(2)40-42(32(30)44)24-11-7-4-8-12-24/h3-18,29,31,40,43H,1-2H3. The van der Waals surface area contributed by atoms with Crippen molar-refractivity contribution in [1.29, 1.82) is 0 Å². The van der Waals surface area contributed by atoms with Crippen molar-refractivity contribution < 1.29 is 5.11 Å². The molecule has 10 nitrogen and oxygen atoms in total. The van der Waals surface area contributed by atoms with Gasteiger partial charge in [0.15, 0.2) is 18.0 Å². The van der Waals surface area contributed by atoms with Crippen LogP contribution in [0.25, 0.3) is 16.8 Å². The molecule has 6 rings (SSSR count). The van der Waals surface area contributed by atoms with Crippen LogP contribution in [0.15, 0.2) is 127 Å². The summed E-state index contributed by atoms with van der Waals surface area (Å²) in [6.07, 6.45) is -0.983. The Kier molecular flexibility index (Phi) is 8.21. The van der Waals surface area contributed by atoms with Crippen LogP contribution in [-0.2, 0) is 0 Å². The van der Waals surface area contributed by atoms with Crippen molar-refractivity contribution in [3.05, 3.63) is 123 Å². The van der Waals surface area contributed by atoms with E-state index in [1.807, 2.05) is 72.8 Å². The van der Waals surface area contributed by atoms with E-state index in [1.165, 1.54) is 9.69 Å². The lowest BCUT2D eigenvalue weighted by Crippen LogP contribution is -2.35. The molecule has 0 saturated heterocycles. The number of halogens is 2. The van der Waals surface area contributed by atoms with E-state index in [4.69, 9.17) is 23.2 Å². The summed E-state index contributed by atoms with van der Waals surface area (Å²) in [4.78, 5) is 12.9. The van der Waals surface area contributed by atoms with Gasteiger partial charge in [-0.05, 0) is 73.5 Å². The first-order valence-corrected chi connectivity index (χ1v) is 14.4. The minimum Gasteiger partial charge on any atom is -0.369 e. The minimum absolute atomic E-state index is 0.199. The van der Waals surface area contributed by atoms with Crippen LogP contribution in [0.3, 0.4) is 0 Å². The molecule has 2 heterocycles. The molecule has 5 aromatic rings. The van der Waals surface area contributed by atoms with Gasteiger partial charge < -0.3 is 5.11 Å². The molecule has 1 aliphatic rings. The molecule has 0 spiro atoms. The Morgan fingerprint density at radius 3 is 1.93 bits per heavy atom. The SMILES string of the molecule is CC1=NN(c2ccccc2)C(O)C1N=Nc1ccc(-c2ccc(N=Nc3c(C)[nH]n(-c4ccccc4)c3=O)c(Cl)c2)cc1Cl. The molecule has 0 saturated carbocycles. The lowest BCUT2D eigenvalue weighted by Gasteiger charge is -2.20. The van der Waals surface area contributed by atoms with Crippen LogP contribution in [0.2, 0.25) is 10.0 Å². The topological polar surface area (TPSA) is 123 Å². The summed E-state index contributed by atoms with van der Waals surface area (Å²) in [6, 6.07) is 28.7. The van der Waals surface area contributed by atoms with E-state index < -0.39 is 12.3 Å². The van der Waals surface area contributed by atoms with Crippen molar-refractivity contribution in [3.63, 3.8) is 0 Å². The first-order valence-electron chi connectivity index (χ1n) is 13.7. The van der Waals surface area contributed by atoms with E-state index in [0.717, 1.165) is 16.8 Å². The van der Waals surface area contributed by atoms with Crippen molar-refractivity contribution >= 4 is 51.7 Å². The fourth-order valence-electron chi connectivity index (χ4n) is 4.75. The van der Waals surface area contributed by atoms with Crippen LogP contribution >= 0.6 is 23.2 Å². The number of aromatic nitrogens is 2. The number of hydrogen-bond donors (Lipinski definition) is 2. The van der Waals surface area contributed by atoms with Crippen LogP contribution in [0.1, 0.15) is 12.6 Å². The largest absolute Gasteiger partial charge is 0.369 e. The molecule has 4 aromatic carbocycles. The smallest absolute Gasteiger partial charge is 0.299 e. The van der Waals surface area contributed by atoms with Gasteiger partial charge in [0.25, 0.3) is 5.56 Å². The normalized spacial score (nSPS) is 16.8. The number of rotatable bonds is 7. The molecular formula is C32H26Cl2N8O2. The minimum atomic E-state index is -0.983. The van der Waals surface area contributed by atoms with Gasteiger partial charge in [0.2, 0.25) is 0 Å². The van der Waals surface area contributed by atoms with Gasteiger partial charge in [0, 0.05) is 0 Å². The van der Waals surface area contributed by atoms with Gasteiger partial charge in [-0.3, -0.25) is 9.89 Å². The number of azo groups is 2. The van der Waals surface area contributed by atoms with Crippen LogP contribution < -0.4 is 10.6 Å². The van der Waals surface area contributed by atoms with Gasteiger partial charge in [-0.15, -0.1) is 10.2 Å². The monoisotopic (exact) mass is 624 g/mol. The number of anilines is 1. The summed E-state index contributed by atoms with van der Waals surface area (Å²) in [5, 5.41) is 37.7. The van der Waals surface area contributed by atoms with Crippen LogP contribution in [0, 0.1) is 6.92 Å². The summed E-state index contributed by atoms with van der Waals surface area (Å²) >= 11 is 13.1. The van der Waals surface area contributed by atoms with Crippen molar-refractivity contribution in [2.45, 2.75) is 26.1 Å². The molecule has 0 aliphatic carbocycles. The number of nitrogens with zero attached hydrogens (tertiary/aromatic N) is 7. The van der Waals surface area contributed by atoms with Crippen molar-refractivity contribution in [2.75, 3.05) is 5.01 Å². The average Bonchev–Trinajstić information content (AvgIpc) is 3.49. The Bertz CT molecular complexity index is 1970. The lowest BCUT2D eigenvalue weighted by atomic mass is 10.1. The van der Waals surface area contributed by atoms with E-state index in [-0.39, 0.29) is 11.2 Å². The second-order valence-corrected chi connectivity index (χ2v) is 10.9. The second-order valence-electron chi connectivity index (χ2n) is 10.1. The molecule has 2 atom stereocenters. The molecule has 0 amide bonds. The zero-order chi connectivity index (χ0) is 30.8. The number of hydrazone groups is 1. The molecule has 220 valence electrons. The number of para-hydroxylation sites is 2. The predicted molar refractivity (Wildman–Crippen MR) is 174 cm³/mol. The number of aliphatic hydroxyl groups is 1. The molecular weight excluding hydrogens is 599 g/mol. The van der Waals surface area contributed by atoms with Crippen molar-refractivity contribution in [1.82, 2.24) is 9.78 Å². The Labute approximate surface area is 262 Å². The van der Waals surface area contributed by atoms with Gasteiger partial charge in [0.05, 0.1) is 32.8 Å². The maximum atomic E-state index is 12.9. The summed E-state index contributed by atoms with van der Waals surface area (Å²) in [7, 11) is 0. The van der Waals surface area contributed by atoms with E-state index >= 15 is 0 Å². The lowest BCUT2D eigenvalue weighted by molar-refractivity contribution is 0.170. The number of aryl methyl sites for hydroxylation is 1. The number of benzene rings is 4. The second kappa shape index (κ2) is 12.4. The number of aromatic amines is 1. The fourth-order valence-corrected chi connectivity index (χ4v) is 5.19. The summed E-state index contributed by atoms with van der Waals surface area (Å²) < 4.78 is 1.42. The molecule has 1 aromatic heterocycles. The highest BCUT2D eigenvalue weighted by molar-refractivity contribution is 6.34. The van der Waals surface area contributed by atoms with Gasteiger partial charge in [0.1, 0.15) is 11.4 Å². The van der Waals surface area contributed by atoms with Crippen molar-refractivity contribution in [2.24, 2.45) is 25.6 Å². The summed E-state index contributed by atoms with van der Waals surface area (Å²) in [5.74, 6) is 0. The summed E-state index contributed by atoms with van der Waals surface area (Å²) in [5.41, 5.74) is 5.04. The highest BCUT2D eigenvalue weighted by atomic mass is 35.5. The van der Waals surface area contributed by atoms with E-state index in [9.17, 15) is 9.90 Å². The molecule has 2 N–H and O–H groups in total. The zero-order valence-electron chi connectivity index (χ0n) is 23.6. The van der Waals surface area contributed by atoms with Crippen molar-refractivity contribution in [3.8, 4) is 16.8 Å². The first-order chi connectivity index (χ1) is 21.3. The van der Waals surface area contributed by atoms with E-state index in [2.05, 4.69) is 30.7 Å². The Hall–Kier alpha value is -4.90. The average molecular weight is 626 g/mol. The van der Waals surface area contributed by atoms with Gasteiger partial charge in [-0.2, -0.15) is 15.3 Å². The van der Waals surface area contributed by atoms with Gasteiger partial charge in [-0.1, -0.05) is 71.7 Å². The van der Waals surface area contributed by atoms with Crippen LogP contribution in [0.4, 0.5) is 22.7 Å². The van der Waals surface area contributed by atoms with E-state index in [0.29, 0.717) is 38.5 Å². The third-order valence-corrected chi connectivity index (χ3v) is 7.68. The maximum absolute atomic E-state index is 12.9. The van der Waals surface area contributed by atoms with Gasteiger partial charge in [-0.25, -0.2) is 9.69 Å². The third-order valence-electron chi connectivity index (χ3n) is 7.08. The quantitative estimate of drug-likeness (QED) is 0.176. The van der Waals surface area contributed by atoms with E-state index in [1.54, 1.807) is 38.1 Å². The summed E-state index contributed by atoms with van der Waals surface area (Å²) in [6.45, 7) is 3.56. The molecule has 12 heteroatoms. The molecule has 0 radical (unpaired) electrons. The fraction of sp³-hybridized carbons (Fsp3) is 0.125. The maximum Gasteiger partial charge on any atom is 0.299 e. The highest BCUT2D eigenvalue weighted by Gasteiger charge is 2.34. The predicted octanol–water partition coefficient (Wildman–Crippen LogP) is 8.53. The number of H-pyrrole nitrogens is 1. The molecule has 0 bridgehead atoms. The van der Waals surface area contributed by atoms with Gasteiger partial charge >= 0.3 is 0 Å². The first kappa shape index (κ1) is 29.2.